The van der Waals surface area contributed by atoms with E-state index in [4.69, 9.17) is 21.1 Å². The van der Waals surface area contributed by atoms with Crippen molar-refractivity contribution in [2.75, 3.05) is 40.4 Å². The van der Waals surface area contributed by atoms with E-state index in [0.717, 1.165) is 37.6 Å². The smallest absolute Gasteiger partial charge is 0.308 e. The number of hydrogen-bond acceptors (Lipinski definition) is 4. The number of carbonyl (C=O) groups excluding carboxylic acids is 1. The highest BCUT2D eigenvalue weighted by molar-refractivity contribution is 14.0. The molecule has 1 N–H and O–H groups in total. The fourth-order valence-corrected chi connectivity index (χ4v) is 2.81. The quantitative estimate of drug-likeness (QED) is 0.230. The number of rotatable bonds is 5. The molecule has 1 aromatic carbocycles. The van der Waals surface area contributed by atoms with E-state index >= 15 is 0 Å². The van der Waals surface area contributed by atoms with Crippen LogP contribution in [0, 0.1) is 5.92 Å². The van der Waals surface area contributed by atoms with Gasteiger partial charge in [0.1, 0.15) is 12.4 Å². The number of aliphatic imine (C=N–C) groups is 1. The molecule has 6 nitrogen and oxygen atoms in total. The number of esters is 1. The van der Waals surface area contributed by atoms with Crippen LogP contribution in [0.1, 0.15) is 12.8 Å². The van der Waals surface area contributed by atoms with Gasteiger partial charge in [-0.05, 0) is 37.1 Å². The summed E-state index contributed by atoms with van der Waals surface area (Å²) in [7, 11) is 3.20. The zero-order valence-electron chi connectivity index (χ0n) is 14.5. The minimum absolute atomic E-state index is 0. The topological polar surface area (TPSA) is 63.2 Å². The lowest BCUT2D eigenvalue weighted by Gasteiger charge is -2.33. The van der Waals surface area contributed by atoms with Crippen LogP contribution in [-0.2, 0) is 9.53 Å². The van der Waals surface area contributed by atoms with Gasteiger partial charge in [-0.3, -0.25) is 9.79 Å². The Morgan fingerprint density at radius 3 is 2.52 bits per heavy atom. The van der Waals surface area contributed by atoms with E-state index in [1.54, 1.807) is 19.2 Å². The highest BCUT2D eigenvalue weighted by Crippen LogP contribution is 2.18. The molecule has 0 atom stereocenters. The molecule has 25 heavy (non-hydrogen) atoms. The van der Waals surface area contributed by atoms with Crippen molar-refractivity contribution < 1.29 is 14.3 Å². The zero-order chi connectivity index (χ0) is 17.4. The summed E-state index contributed by atoms with van der Waals surface area (Å²) in [6.07, 6.45) is 1.57. The third kappa shape index (κ3) is 6.89. The van der Waals surface area contributed by atoms with Crippen LogP contribution in [-0.4, -0.2) is 57.2 Å². The third-order valence-electron chi connectivity index (χ3n) is 4.01. The van der Waals surface area contributed by atoms with Crippen LogP contribution in [0.2, 0.25) is 5.02 Å². The Bertz CT molecular complexity index is 561. The summed E-state index contributed by atoms with van der Waals surface area (Å²) < 4.78 is 10.5. The maximum atomic E-state index is 11.6. The highest BCUT2D eigenvalue weighted by Gasteiger charge is 2.26. The zero-order valence-corrected chi connectivity index (χ0v) is 17.6. The molecule has 140 valence electrons. The Balaban J connectivity index is 0.00000312. The molecule has 0 aromatic heterocycles. The molecule has 0 unspecified atom stereocenters. The first-order valence-electron chi connectivity index (χ1n) is 8.06. The van der Waals surface area contributed by atoms with Gasteiger partial charge in [-0.1, -0.05) is 11.6 Å². The number of benzene rings is 1. The number of nitrogens with one attached hydrogen (secondary N) is 1. The van der Waals surface area contributed by atoms with Crippen molar-refractivity contribution in [2.45, 2.75) is 12.8 Å². The van der Waals surface area contributed by atoms with Gasteiger partial charge in [0.25, 0.3) is 0 Å². The Morgan fingerprint density at radius 1 is 1.32 bits per heavy atom. The number of methoxy groups -OCH3 is 1. The maximum absolute atomic E-state index is 11.6. The Hall–Kier alpha value is -1.22. The van der Waals surface area contributed by atoms with Crippen LogP contribution in [0.25, 0.3) is 0 Å². The van der Waals surface area contributed by atoms with Gasteiger partial charge in [-0.2, -0.15) is 0 Å². The van der Waals surface area contributed by atoms with Crippen LogP contribution >= 0.6 is 35.6 Å². The molecule has 0 spiro atoms. The second-order valence-electron chi connectivity index (χ2n) is 5.56. The minimum Gasteiger partial charge on any atom is -0.492 e. The summed E-state index contributed by atoms with van der Waals surface area (Å²) in [6, 6.07) is 7.28. The first-order chi connectivity index (χ1) is 11.6. The fourth-order valence-electron chi connectivity index (χ4n) is 2.69. The van der Waals surface area contributed by atoms with Crippen molar-refractivity contribution in [3.05, 3.63) is 29.3 Å². The summed E-state index contributed by atoms with van der Waals surface area (Å²) >= 11 is 5.84. The van der Waals surface area contributed by atoms with Crippen LogP contribution < -0.4 is 10.1 Å². The van der Waals surface area contributed by atoms with E-state index in [9.17, 15) is 4.79 Å². The van der Waals surface area contributed by atoms with Gasteiger partial charge >= 0.3 is 5.97 Å². The van der Waals surface area contributed by atoms with Gasteiger partial charge < -0.3 is 19.7 Å². The normalized spacial score (nSPS) is 15.3. The molecule has 1 aromatic rings. The molecule has 1 aliphatic heterocycles. The predicted molar refractivity (Wildman–Crippen MR) is 110 cm³/mol. The number of nitrogens with zero attached hydrogens (tertiary/aromatic N) is 2. The second-order valence-corrected chi connectivity index (χ2v) is 6.00. The summed E-state index contributed by atoms with van der Waals surface area (Å²) in [5.41, 5.74) is 0. The van der Waals surface area contributed by atoms with Gasteiger partial charge in [-0.25, -0.2) is 0 Å². The molecule has 1 saturated heterocycles. The van der Waals surface area contributed by atoms with E-state index in [0.29, 0.717) is 18.2 Å². The Labute approximate surface area is 170 Å². The van der Waals surface area contributed by atoms with E-state index in [1.807, 2.05) is 12.1 Å². The summed E-state index contributed by atoms with van der Waals surface area (Å²) in [6.45, 7) is 2.75. The monoisotopic (exact) mass is 481 g/mol. The van der Waals surface area contributed by atoms with Crippen LogP contribution in [0.3, 0.4) is 0 Å². The molecule has 8 heteroatoms. The van der Waals surface area contributed by atoms with E-state index in [-0.39, 0.29) is 35.9 Å². The summed E-state index contributed by atoms with van der Waals surface area (Å²) in [5.74, 6) is 1.50. The molecule has 0 bridgehead atoms. The highest BCUT2D eigenvalue weighted by atomic mass is 127. The van der Waals surface area contributed by atoms with E-state index < -0.39 is 0 Å². The number of likely N-dealkylation sites (tertiary alicyclic amines) is 1. The molecule has 0 radical (unpaired) electrons. The lowest BCUT2D eigenvalue weighted by atomic mass is 9.97. The molecule has 1 heterocycles. The van der Waals surface area contributed by atoms with Crippen molar-refractivity contribution in [1.82, 2.24) is 10.2 Å². The van der Waals surface area contributed by atoms with Crippen LogP contribution in [0.15, 0.2) is 29.3 Å². The molecule has 1 fully saturated rings. The standard InChI is InChI=1S/C17H24ClN3O3.HI/c1-19-17(21-10-7-13(8-11-21)16(22)23-2)20-9-12-24-15-5-3-14(18)4-6-15;/h3-6,13H,7-12H2,1-2H3,(H,19,20);1H. The van der Waals surface area contributed by atoms with E-state index in [2.05, 4.69) is 15.2 Å². The van der Waals surface area contributed by atoms with Crippen LogP contribution in [0.4, 0.5) is 0 Å². The largest absolute Gasteiger partial charge is 0.492 e. The Morgan fingerprint density at radius 2 is 1.96 bits per heavy atom. The molecule has 1 aliphatic rings. The lowest BCUT2D eigenvalue weighted by molar-refractivity contribution is -0.146. The number of carbonyl (C=O) groups is 1. The molecule has 0 saturated carbocycles. The Kier molecular flexibility index (Phi) is 9.96. The SMILES string of the molecule is CN=C(NCCOc1ccc(Cl)cc1)N1CCC(C(=O)OC)CC1.I. The summed E-state index contributed by atoms with van der Waals surface area (Å²) in [5, 5.41) is 3.98. The predicted octanol–water partition coefficient (Wildman–Crippen LogP) is 2.80. The number of piperidine rings is 1. The van der Waals surface area contributed by atoms with Gasteiger partial charge in [0.05, 0.1) is 19.6 Å². The first-order valence-corrected chi connectivity index (χ1v) is 8.43. The molecular weight excluding hydrogens is 457 g/mol. The average molecular weight is 482 g/mol. The van der Waals surface area contributed by atoms with Gasteiger partial charge in [-0.15, -0.1) is 24.0 Å². The molecular formula is C17H25ClIN3O3. The molecule has 2 rings (SSSR count). The summed E-state index contributed by atoms with van der Waals surface area (Å²) in [4.78, 5) is 18.0. The minimum atomic E-state index is -0.117. The van der Waals surface area contributed by atoms with E-state index in [1.165, 1.54) is 7.11 Å². The third-order valence-corrected chi connectivity index (χ3v) is 4.26. The van der Waals surface area contributed by atoms with Crippen molar-refractivity contribution in [1.29, 1.82) is 0 Å². The number of hydrogen-bond donors (Lipinski definition) is 1. The van der Waals surface area contributed by atoms with Crippen molar-refractivity contribution in [3.63, 3.8) is 0 Å². The van der Waals surface area contributed by atoms with Gasteiger partial charge in [0.2, 0.25) is 0 Å². The fraction of sp³-hybridized carbons (Fsp3) is 0.529. The van der Waals surface area contributed by atoms with Crippen molar-refractivity contribution in [2.24, 2.45) is 10.9 Å². The lowest BCUT2D eigenvalue weighted by Crippen LogP contribution is -2.47. The van der Waals surface area contributed by atoms with Gasteiger partial charge in [0.15, 0.2) is 5.96 Å². The second kappa shape index (κ2) is 11.4. The molecule has 0 amide bonds. The molecule has 0 aliphatic carbocycles. The maximum Gasteiger partial charge on any atom is 0.308 e. The van der Waals surface area contributed by atoms with Crippen LogP contribution in [0.5, 0.6) is 5.75 Å². The number of ether oxygens (including phenoxy) is 2. The first kappa shape index (κ1) is 21.8. The van der Waals surface area contributed by atoms with Crippen molar-refractivity contribution in [3.8, 4) is 5.75 Å². The average Bonchev–Trinajstić information content (AvgIpc) is 2.63. The number of guanidine groups is 1. The number of halogens is 2. The van der Waals surface area contributed by atoms with Gasteiger partial charge in [0, 0.05) is 25.2 Å². The van der Waals surface area contributed by atoms with Crippen molar-refractivity contribution >= 4 is 47.5 Å².